The second kappa shape index (κ2) is 4.49. The number of urea groups is 1. The average molecular weight is 155 g/mol. The van der Waals surface area contributed by atoms with Crippen molar-refractivity contribution in [2.45, 2.75) is 13.8 Å². The Morgan fingerprint density at radius 2 is 2.00 bits per heavy atom. The van der Waals surface area contributed by atoms with E-state index >= 15 is 0 Å². The molecule has 0 saturated heterocycles. The van der Waals surface area contributed by atoms with Crippen LogP contribution in [0.4, 0.5) is 4.79 Å². The van der Waals surface area contributed by atoms with E-state index in [1.54, 1.807) is 27.0 Å². The molecule has 0 saturated carbocycles. The highest BCUT2D eigenvalue weighted by atomic mass is 16.2. The molecule has 0 radical (unpaired) electrons. The van der Waals surface area contributed by atoms with Gasteiger partial charge >= 0.3 is 6.03 Å². The Labute approximate surface area is 66.2 Å². The maximum Gasteiger partial charge on any atom is 0.318 e. The van der Waals surface area contributed by atoms with Gasteiger partial charge in [0.15, 0.2) is 0 Å². The van der Waals surface area contributed by atoms with Crippen LogP contribution in [0.15, 0.2) is 11.8 Å². The summed E-state index contributed by atoms with van der Waals surface area (Å²) in [5, 5.41) is 12.0. The molecule has 0 rings (SSSR count). The molecular formula is C7H13N3O. The summed E-state index contributed by atoms with van der Waals surface area (Å²) in [6.45, 7) is 3.38. The van der Waals surface area contributed by atoms with E-state index in [1.807, 2.05) is 0 Å². The van der Waals surface area contributed by atoms with E-state index in [-0.39, 0.29) is 6.03 Å². The molecule has 0 aromatic heterocycles. The standard InChI is InChI=1S/C7H13N3O/c1-5(8)4-6(2)10-7(11)9-3/h4,8H,1-3H3,(H2,9,10,11)/b6-4-,8-5?. The van der Waals surface area contributed by atoms with Gasteiger partial charge in [-0.1, -0.05) is 0 Å². The summed E-state index contributed by atoms with van der Waals surface area (Å²) in [5.41, 5.74) is 1.08. The van der Waals surface area contributed by atoms with Crippen LogP contribution in [0.3, 0.4) is 0 Å². The number of nitrogens with one attached hydrogen (secondary N) is 3. The molecule has 0 aliphatic heterocycles. The summed E-state index contributed by atoms with van der Waals surface area (Å²) in [4.78, 5) is 10.7. The van der Waals surface area contributed by atoms with E-state index in [9.17, 15) is 4.79 Å². The second-order valence-electron chi connectivity index (χ2n) is 2.21. The van der Waals surface area contributed by atoms with Crippen molar-refractivity contribution in [3.8, 4) is 0 Å². The topological polar surface area (TPSA) is 65.0 Å². The number of hydrogen-bond acceptors (Lipinski definition) is 2. The second-order valence-corrected chi connectivity index (χ2v) is 2.21. The summed E-state index contributed by atoms with van der Waals surface area (Å²) in [6, 6.07) is -0.264. The zero-order chi connectivity index (χ0) is 8.85. The zero-order valence-corrected chi connectivity index (χ0v) is 6.99. The normalized spacial score (nSPS) is 10.6. The summed E-state index contributed by atoms with van der Waals surface area (Å²) >= 11 is 0. The number of rotatable bonds is 2. The molecule has 0 heterocycles. The van der Waals surface area contributed by atoms with E-state index in [4.69, 9.17) is 5.41 Å². The first-order chi connectivity index (χ1) is 5.06. The van der Waals surface area contributed by atoms with Crippen LogP contribution in [0.2, 0.25) is 0 Å². The molecule has 3 N–H and O–H groups in total. The number of hydrogen-bond donors (Lipinski definition) is 3. The largest absolute Gasteiger partial charge is 0.341 e. The minimum Gasteiger partial charge on any atom is -0.341 e. The number of carbonyl (C=O) groups excluding carboxylic acids is 1. The van der Waals surface area contributed by atoms with Gasteiger partial charge in [-0.2, -0.15) is 0 Å². The summed E-state index contributed by atoms with van der Waals surface area (Å²) in [6.07, 6.45) is 1.58. The lowest BCUT2D eigenvalue weighted by atomic mass is 10.3. The summed E-state index contributed by atoms with van der Waals surface area (Å²) in [7, 11) is 1.54. The van der Waals surface area contributed by atoms with Gasteiger partial charge < -0.3 is 16.0 Å². The molecule has 4 nitrogen and oxygen atoms in total. The van der Waals surface area contributed by atoms with Crippen molar-refractivity contribution in [2.24, 2.45) is 0 Å². The van der Waals surface area contributed by atoms with Crippen LogP contribution < -0.4 is 10.6 Å². The van der Waals surface area contributed by atoms with Crippen LogP contribution in [0.5, 0.6) is 0 Å². The van der Waals surface area contributed by atoms with Crippen molar-refractivity contribution in [3.05, 3.63) is 11.8 Å². The monoisotopic (exact) mass is 155 g/mol. The molecule has 0 aliphatic rings. The highest BCUT2D eigenvalue weighted by molar-refractivity contribution is 5.91. The summed E-state index contributed by atoms with van der Waals surface area (Å²) < 4.78 is 0. The first-order valence-electron chi connectivity index (χ1n) is 3.28. The third-order valence-electron chi connectivity index (χ3n) is 0.971. The molecule has 0 unspecified atom stereocenters. The van der Waals surface area contributed by atoms with Crippen molar-refractivity contribution >= 4 is 11.7 Å². The Kier molecular flexibility index (Phi) is 3.95. The average Bonchev–Trinajstić information content (AvgIpc) is 1.85. The molecule has 62 valence electrons. The lowest BCUT2D eigenvalue weighted by Gasteiger charge is -2.02. The first-order valence-corrected chi connectivity index (χ1v) is 3.28. The lowest BCUT2D eigenvalue weighted by molar-refractivity contribution is 0.245. The van der Waals surface area contributed by atoms with Crippen LogP contribution in [0, 0.1) is 5.41 Å². The van der Waals surface area contributed by atoms with Gasteiger partial charge in [0.1, 0.15) is 0 Å². The Balaban J connectivity index is 3.96. The predicted octanol–water partition coefficient (Wildman–Crippen LogP) is 0.859. The molecule has 0 aliphatic carbocycles. The van der Waals surface area contributed by atoms with E-state index in [0.29, 0.717) is 11.4 Å². The maximum atomic E-state index is 10.7. The van der Waals surface area contributed by atoms with Crippen LogP contribution >= 0.6 is 0 Å². The maximum absolute atomic E-state index is 10.7. The minimum atomic E-state index is -0.264. The van der Waals surface area contributed by atoms with Crippen LogP contribution in [-0.4, -0.2) is 18.8 Å². The molecule has 0 aromatic rings. The van der Waals surface area contributed by atoms with Crippen molar-refractivity contribution < 1.29 is 4.79 Å². The molecule has 0 fully saturated rings. The quantitative estimate of drug-likeness (QED) is 0.509. The van der Waals surface area contributed by atoms with Gasteiger partial charge in [-0.3, -0.25) is 0 Å². The molecule has 2 amide bonds. The molecule has 0 spiro atoms. The smallest absolute Gasteiger partial charge is 0.318 e. The first kappa shape index (κ1) is 9.68. The van der Waals surface area contributed by atoms with Crippen molar-refractivity contribution in [1.29, 1.82) is 5.41 Å². The van der Waals surface area contributed by atoms with Crippen molar-refractivity contribution in [1.82, 2.24) is 10.6 Å². The lowest BCUT2D eigenvalue weighted by Crippen LogP contribution is -2.31. The van der Waals surface area contributed by atoms with Gasteiger partial charge in [-0.05, 0) is 19.9 Å². The van der Waals surface area contributed by atoms with Gasteiger partial charge in [-0.15, -0.1) is 0 Å². The van der Waals surface area contributed by atoms with E-state index in [1.165, 1.54) is 0 Å². The van der Waals surface area contributed by atoms with Crippen molar-refractivity contribution in [3.63, 3.8) is 0 Å². The molecule has 11 heavy (non-hydrogen) atoms. The molecular weight excluding hydrogens is 142 g/mol. The highest BCUT2D eigenvalue weighted by Crippen LogP contribution is 1.86. The SMILES string of the molecule is CNC(=O)N/C(C)=C\C(C)=N. The number of allylic oxidation sites excluding steroid dienone is 2. The molecule has 0 aromatic carbocycles. The van der Waals surface area contributed by atoms with Crippen LogP contribution in [0.1, 0.15) is 13.8 Å². The van der Waals surface area contributed by atoms with Gasteiger partial charge in [0.2, 0.25) is 0 Å². The minimum absolute atomic E-state index is 0.264. The van der Waals surface area contributed by atoms with E-state index in [2.05, 4.69) is 10.6 Å². The Morgan fingerprint density at radius 3 is 2.36 bits per heavy atom. The van der Waals surface area contributed by atoms with Gasteiger partial charge in [0.25, 0.3) is 0 Å². The Bertz CT molecular complexity index is 196. The highest BCUT2D eigenvalue weighted by Gasteiger charge is 1.94. The van der Waals surface area contributed by atoms with Crippen LogP contribution in [0.25, 0.3) is 0 Å². The van der Waals surface area contributed by atoms with Gasteiger partial charge in [0.05, 0.1) is 0 Å². The fourth-order valence-electron chi connectivity index (χ4n) is 0.602. The number of carbonyl (C=O) groups is 1. The molecule has 0 bridgehead atoms. The third-order valence-corrected chi connectivity index (χ3v) is 0.971. The van der Waals surface area contributed by atoms with Gasteiger partial charge in [-0.25, -0.2) is 4.79 Å². The predicted molar refractivity (Wildman–Crippen MR) is 44.7 cm³/mol. The van der Waals surface area contributed by atoms with Crippen LogP contribution in [-0.2, 0) is 0 Å². The third kappa shape index (κ3) is 5.14. The fourth-order valence-corrected chi connectivity index (χ4v) is 0.602. The molecule has 0 atom stereocenters. The summed E-state index contributed by atoms with van der Waals surface area (Å²) in [5.74, 6) is 0. The van der Waals surface area contributed by atoms with Gasteiger partial charge in [0, 0.05) is 18.5 Å². The molecule has 4 heteroatoms. The van der Waals surface area contributed by atoms with E-state index in [0.717, 1.165) is 0 Å². The Morgan fingerprint density at radius 1 is 1.45 bits per heavy atom. The fraction of sp³-hybridized carbons (Fsp3) is 0.429. The van der Waals surface area contributed by atoms with Crippen molar-refractivity contribution in [2.75, 3.05) is 7.05 Å². The zero-order valence-electron chi connectivity index (χ0n) is 6.99. The van der Waals surface area contributed by atoms with E-state index < -0.39 is 0 Å². The number of amides is 2. The Hall–Kier alpha value is -1.32.